The first-order valence-corrected chi connectivity index (χ1v) is 6.79. The van der Waals surface area contributed by atoms with Crippen molar-refractivity contribution < 1.29 is 13.2 Å². The zero-order chi connectivity index (χ0) is 12.2. The lowest BCUT2D eigenvalue weighted by Gasteiger charge is -2.08. The highest BCUT2D eigenvalue weighted by Gasteiger charge is 2.12. The summed E-state index contributed by atoms with van der Waals surface area (Å²) in [7, 11) is -2.00. The van der Waals surface area contributed by atoms with E-state index in [1.165, 1.54) is 13.3 Å². The molecule has 0 atom stereocenters. The van der Waals surface area contributed by atoms with Crippen LogP contribution in [0.15, 0.2) is 16.7 Å². The van der Waals surface area contributed by atoms with E-state index in [9.17, 15) is 8.42 Å². The zero-order valence-corrected chi connectivity index (χ0v) is 11.0. The molecule has 0 aromatic carbocycles. The molecule has 1 rings (SSSR count). The summed E-state index contributed by atoms with van der Waals surface area (Å²) >= 11 is 3.17. The van der Waals surface area contributed by atoms with Gasteiger partial charge in [0, 0.05) is 7.11 Å². The molecular weight excluding hydrogens is 298 g/mol. The number of halogens is 1. The summed E-state index contributed by atoms with van der Waals surface area (Å²) in [5.41, 5.74) is 5.93. The van der Waals surface area contributed by atoms with E-state index in [0.29, 0.717) is 10.2 Å². The number of nitrogens with zero attached hydrogens (tertiary/aromatic N) is 1. The zero-order valence-electron chi connectivity index (χ0n) is 8.60. The molecule has 0 aliphatic rings. The van der Waals surface area contributed by atoms with Crippen LogP contribution in [0.5, 0.6) is 0 Å². The van der Waals surface area contributed by atoms with Crippen molar-refractivity contribution in [2.45, 2.75) is 0 Å². The van der Waals surface area contributed by atoms with Crippen LogP contribution in [0.25, 0.3) is 0 Å². The highest BCUT2D eigenvalue weighted by Crippen LogP contribution is 2.22. The topological polar surface area (TPSA) is 94.3 Å². The Labute approximate surface area is 102 Å². The van der Waals surface area contributed by atoms with E-state index in [2.05, 4.69) is 25.6 Å². The maximum absolute atomic E-state index is 11.5. The van der Waals surface area contributed by atoms with Gasteiger partial charge in [0.25, 0.3) is 0 Å². The highest BCUT2D eigenvalue weighted by atomic mass is 79.9. The van der Waals surface area contributed by atoms with Crippen LogP contribution >= 0.6 is 15.9 Å². The van der Waals surface area contributed by atoms with Crippen molar-refractivity contribution in [1.82, 2.24) is 4.98 Å². The number of nitrogens with one attached hydrogen (secondary N) is 1. The van der Waals surface area contributed by atoms with Crippen LogP contribution in [0.4, 0.5) is 11.5 Å². The predicted octanol–water partition coefficient (Wildman–Crippen LogP) is 0.814. The predicted molar refractivity (Wildman–Crippen MR) is 65.6 cm³/mol. The molecule has 0 saturated heterocycles. The van der Waals surface area contributed by atoms with Crippen LogP contribution in [0.2, 0.25) is 0 Å². The third-order valence-electron chi connectivity index (χ3n) is 1.67. The van der Waals surface area contributed by atoms with Crippen LogP contribution < -0.4 is 10.5 Å². The number of methoxy groups -OCH3 is 1. The lowest BCUT2D eigenvalue weighted by molar-refractivity contribution is 0.217. The molecular formula is C8H12BrN3O3S. The van der Waals surface area contributed by atoms with Crippen LogP contribution in [-0.4, -0.2) is 32.9 Å². The minimum absolute atomic E-state index is 0.123. The second-order valence-electron chi connectivity index (χ2n) is 3.01. The molecule has 90 valence electrons. The van der Waals surface area contributed by atoms with Gasteiger partial charge in [-0.2, -0.15) is 0 Å². The fourth-order valence-electron chi connectivity index (χ4n) is 0.919. The van der Waals surface area contributed by atoms with Crippen molar-refractivity contribution >= 4 is 37.5 Å². The fraction of sp³-hybridized carbons (Fsp3) is 0.375. The van der Waals surface area contributed by atoms with Crippen LogP contribution in [-0.2, 0) is 14.8 Å². The minimum atomic E-state index is -3.44. The van der Waals surface area contributed by atoms with Crippen molar-refractivity contribution in [3.05, 3.63) is 16.7 Å². The standard InChI is InChI=1S/C8H12BrN3O3S/c1-15-2-3-16(13,14)12-8-7(9)4-6(10)5-11-8/h4-5H,2-3,10H2,1H3,(H,11,12). The molecule has 0 aliphatic heterocycles. The number of hydrogen-bond acceptors (Lipinski definition) is 5. The number of anilines is 2. The average molecular weight is 310 g/mol. The summed E-state index contributed by atoms with van der Waals surface area (Å²) in [4.78, 5) is 3.87. The molecule has 6 nitrogen and oxygen atoms in total. The maximum Gasteiger partial charge on any atom is 0.236 e. The molecule has 0 spiro atoms. The van der Waals surface area contributed by atoms with Crippen molar-refractivity contribution in [2.24, 2.45) is 0 Å². The highest BCUT2D eigenvalue weighted by molar-refractivity contribution is 9.10. The Morgan fingerprint density at radius 3 is 2.88 bits per heavy atom. The van der Waals surface area contributed by atoms with Gasteiger partial charge in [0.05, 0.1) is 28.7 Å². The van der Waals surface area contributed by atoms with Gasteiger partial charge in [-0.25, -0.2) is 13.4 Å². The molecule has 0 amide bonds. The summed E-state index contributed by atoms with van der Waals surface area (Å²) in [5, 5.41) is 0. The van der Waals surface area contributed by atoms with Crippen LogP contribution in [0.3, 0.4) is 0 Å². The number of nitrogen functional groups attached to an aromatic ring is 1. The van der Waals surface area contributed by atoms with E-state index in [1.807, 2.05) is 0 Å². The molecule has 16 heavy (non-hydrogen) atoms. The van der Waals surface area contributed by atoms with Crippen molar-refractivity contribution in [3.63, 3.8) is 0 Å². The third-order valence-corrected chi connectivity index (χ3v) is 3.48. The number of rotatable bonds is 5. The van der Waals surface area contributed by atoms with E-state index >= 15 is 0 Å². The molecule has 0 radical (unpaired) electrons. The smallest absolute Gasteiger partial charge is 0.236 e. The molecule has 3 N–H and O–H groups in total. The van der Waals surface area contributed by atoms with Gasteiger partial charge in [0.1, 0.15) is 0 Å². The Kier molecular flexibility index (Phi) is 4.51. The lowest BCUT2D eigenvalue weighted by Crippen LogP contribution is -2.20. The quantitative estimate of drug-likeness (QED) is 0.839. The Morgan fingerprint density at radius 1 is 1.62 bits per heavy atom. The Morgan fingerprint density at radius 2 is 2.31 bits per heavy atom. The minimum Gasteiger partial charge on any atom is -0.397 e. The summed E-state index contributed by atoms with van der Waals surface area (Å²) in [6.45, 7) is 0.127. The number of nitrogens with two attached hydrogens (primary N) is 1. The normalized spacial score (nSPS) is 11.4. The van der Waals surface area contributed by atoms with Gasteiger partial charge in [-0.1, -0.05) is 0 Å². The van der Waals surface area contributed by atoms with E-state index in [1.54, 1.807) is 6.07 Å². The Hall–Kier alpha value is -0.860. The molecule has 1 aromatic rings. The van der Waals surface area contributed by atoms with Gasteiger partial charge >= 0.3 is 0 Å². The second kappa shape index (κ2) is 5.46. The molecule has 0 saturated carbocycles. The number of sulfonamides is 1. The molecule has 0 aliphatic carbocycles. The van der Waals surface area contributed by atoms with Crippen molar-refractivity contribution in [2.75, 3.05) is 29.9 Å². The average Bonchev–Trinajstić information content (AvgIpc) is 2.19. The van der Waals surface area contributed by atoms with E-state index in [4.69, 9.17) is 10.5 Å². The molecule has 1 heterocycles. The SMILES string of the molecule is COCCS(=O)(=O)Nc1ncc(N)cc1Br. The van der Waals surface area contributed by atoms with Crippen molar-refractivity contribution in [3.8, 4) is 0 Å². The van der Waals surface area contributed by atoms with E-state index in [0.717, 1.165) is 0 Å². The van der Waals surface area contributed by atoms with Crippen LogP contribution in [0.1, 0.15) is 0 Å². The number of aromatic nitrogens is 1. The first kappa shape index (κ1) is 13.2. The molecule has 8 heteroatoms. The van der Waals surface area contributed by atoms with Gasteiger partial charge in [0.2, 0.25) is 10.0 Å². The van der Waals surface area contributed by atoms with E-state index in [-0.39, 0.29) is 18.2 Å². The fourth-order valence-corrected chi connectivity index (χ4v) is 2.46. The lowest BCUT2D eigenvalue weighted by atomic mass is 10.4. The summed E-state index contributed by atoms with van der Waals surface area (Å²) < 4.78 is 30.5. The van der Waals surface area contributed by atoms with Gasteiger partial charge in [0.15, 0.2) is 5.82 Å². The largest absolute Gasteiger partial charge is 0.397 e. The molecule has 0 fully saturated rings. The van der Waals surface area contributed by atoms with Gasteiger partial charge < -0.3 is 10.5 Å². The van der Waals surface area contributed by atoms with Gasteiger partial charge in [-0.05, 0) is 22.0 Å². The first-order valence-electron chi connectivity index (χ1n) is 4.35. The summed E-state index contributed by atoms with van der Waals surface area (Å²) in [5.74, 6) is 0.0902. The number of pyridine rings is 1. The van der Waals surface area contributed by atoms with Crippen LogP contribution in [0, 0.1) is 0 Å². The molecule has 0 bridgehead atoms. The van der Waals surface area contributed by atoms with E-state index < -0.39 is 10.0 Å². The monoisotopic (exact) mass is 309 g/mol. The summed E-state index contributed by atoms with van der Waals surface area (Å²) in [6.07, 6.45) is 1.37. The van der Waals surface area contributed by atoms with Gasteiger partial charge in [-0.15, -0.1) is 0 Å². The van der Waals surface area contributed by atoms with Crippen molar-refractivity contribution in [1.29, 1.82) is 0 Å². The Balaban J connectivity index is 2.80. The number of hydrogen-bond donors (Lipinski definition) is 2. The summed E-state index contributed by atoms with van der Waals surface area (Å²) in [6, 6.07) is 1.57. The second-order valence-corrected chi connectivity index (χ2v) is 5.71. The Bertz CT molecular complexity index is 464. The molecule has 1 aromatic heterocycles. The maximum atomic E-state index is 11.5. The third kappa shape index (κ3) is 3.95. The molecule has 0 unspecified atom stereocenters. The van der Waals surface area contributed by atoms with Gasteiger partial charge in [-0.3, -0.25) is 4.72 Å². The first-order chi connectivity index (χ1) is 7.44. The number of ether oxygens (including phenoxy) is 1.